The number of phenolic OH excluding ortho intramolecular Hbond substituents is 1. The van der Waals surface area contributed by atoms with Gasteiger partial charge in [0.05, 0.1) is 12.1 Å². The van der Waals surface area contributed by atoms with Crippen LogP contribution in [0.3, 0.4) is 0 Å². The summed E-state index contributed by atoms with van der Waals surface area (Å²) < 4.78 is 5.15. The number of likely N-dealkylation sites (N-methyl/N-ethyl adjacent to an activating group) is 1. The van der Waals surface area contributed by atoms with Crippen LogP contribution < -0.4 is 4.74 Å². The van der Waals surface area contributed by atoms with Crippen molar-refractivity contribution in [3.63, 3.8) is 0 Å². The Hall–Kier alpha value is -0.970. The molecule has 114 valence electrons. The van der Waals surface area contributed by atoms with E-state index in [1.807, 2.05) is 6.07 Å². The lowest BCUT2D eigenvalue weighted by molar-refractivity contribution is 0.233. The van der Waals surface area contributed by atoms with Crippen molar-refractivity contribution < 1.29 is 9.84 Å². The molecular weight excluding hydrogens is 276 g/mol. The summed E-state index contributed by atoms with van der Waals surface area (Å²) in [5.74, 6) is 0.435. The molecule has 4 nitrogen and oxygen atoms in total. The summed E-state index contributed by atoms with van der Waals surface area (Å²) in [7, 11) is 5.68. The Balaban J connectivity index is 2.79. The second-order valence-corrected chi connectivity index (χ2v) is 5.62. The van der Waals surface area contributed by atoms with Gasteiger partial charge in [0.1, 0.15) is 0 Å². The van der Waals surface area contributed by atoms with Crippen molar-refractivity contribution in [1.82, 2.24) is 9.80 Å². The number of ether oxygens (including phenoxy) is 1. The summed E-state index contributed by atoms with van der Waals surface area (Å²) in [5, 5.41) is 10.1. The molecule has 0 saturated carbocycles. The SMILES string of the molecule is CCCN(CCN(C)C)Cc1cc(Cl)c(O)c(OC)c1. The van der Waals surface area contributed by atoms with E-state index in [4.69, 9.17) is 16.3 Å². The van der Waals surface area contributed by atoms with E-state index < -0.39 is 0 Å². The van der Waals surface area contributed by atoms with Crippen molar-refractivity contribution in [3.8, 4) is 11.5 Å². The molecule has 0 spiro atoms. The first-order chi connectivity index (χ1) is 9.47. The number of hydrogen-bond donors (Lipinski definition) is 1. The highest BCUT2D eigenvalue weighted by molar-refractivity contribution is 6.32. The number of aromatic hydroxyl groups is 1. The van der Waals surface area contributed by atoms with Gasteiger partial charge < -0.3 is 14.7 Å². The van der Waals surface area contributed by atoms with Crippen molar-refractivity contribution in [2.24, 2.45) is 0 Å². The van der Waals surface area contributed by atoms with Gasteiger partial charge in [-0.1, -0.05) is 18.5 Å². The van der Waals surface area contributed by atoms with Gasteiger partial charge in [-0.15, -0.1) is 0 Å². The number of hydrogen-bond acceptors (Lipinski definition) is 4. The fraction of sp³-hybridized carbons (Fsp3) is 0.600. The minimum absolute atomic E-state index is 0.00764. The van der Waals surface area contributed by atoms with Gasteiger partial charge in [-0.2, -0.15) is 0 Å². The summed E-state index contributed by atoms with van der Waals surface area (Å²) in [6, 6.07) is 3.65. The average molecular weight is 301 g/mol. The smallest absolute Gasteiger partial charge is 0.176 e. The zero-order valence-corrected chi connectivity index (χ0v) is 13.6. The van der Waals surface area contributed by atoms with E-state index >= 15 is 0 Å². The minimum Gasteiger partial charge on any atom is -0.503 e. The van der Waals surface area contributed by atoms with Crippen LogP contribution in [0, 0.1) is 0 Å². The molecular formula is C15H25ClN2O2. The molecule has 0 aliphatic heterocycles. The van der Waals surface area contributed by atoms with Gasteiger partial charge in [-0.05, 0) is 44.8 Å². The second-order valence-electron chi connectivity index (χ2n) is 5.21. The Morgan fingerprint density at radius 2 is 1.90 bits per heavy atom. The van der Waals surface area contributed by atoms with E-state index in [0.29, 0.717) is 10.8 Å². The predicted octanol–water partition coefficient (Wildman–Crippen LogP) is 2.83. The van der Waals surface area contributed by atoms with Gasteiger partial charge in [0, 0.05) is 19.6 Å². The molecule has 1 rings (SSSR count). The lowest BCUT2D eigenvalue weighted by atomic mass is 10.1. The number of phenols is 1. The normalized spacial score (nSPS) is 11.3. The Morgan fingerprint density at radius 3 is 2.45 bits per heavy atom. The number of halogens is 1. The highest BCUT2D eigenvalue weighted by atomic mass is 35.5. The summed E-state index contributed by atoms with van der Waals surface area (Å²) in [4.78, 5) is 4.55. The van der Waals surface area contributed by atoms with Crippen LogP contribution in [0.1, 0.15) is 18.9 Å². The molecule has 0 unspecified atom stereocenters. The molecule has 0 amide bonds. The van der Waals surface area contributed by atoms with Crippen molar-refractivity contribution in [3.05, 3.63) is 22.7 Å². The van der Waals surface area contributed by atoms with Gasteiger partial charge in [0.25, 0.3) is 0 Å². The zero-order valence-electron chi connectivity index (χ0n) is 12.8. The van der Waals surface area contributed by atoms with Crippen LogP contribution in [0.4, 0.5) is 0 Å². The Labute approximate surface area is 126 Å². The van der Waals surface area contributed by atoms with E-state index in [0.717, 1.165) is 38.2 Å². The number of nitrogens with zero attached hydrogens (tertiary/aromatic N) is 2. The Kier molecular flexibility index (Phi) is 7.13. The largest absolute Gasteiger partial charge is 0.503 e. The molecule has 0 bridgehead atoms. The molecule has 0 fully saturated rings. The molecule has 0 radical (unpaired) electrons. The van der Waals surface area contributed by atoms with Gasteiger partial charge in [-0.3, -0.25) is 4.90 Å². The molecule has 1 aromatic rings. The van der Waals surface area contributed by atoms with E-state index in [9.17, 15) is 5.11 Å². The van der Waals surface area contributed by atoms with Crippen molar-refractivity contribution in [2.45, 2.75) is 19.9 Å². The molecule has 1 aromatic carbocycles. The quantitative estimate of drug-likeness (QED) is 0.801. The summed E-state index contributed by atoms with van der Waals surface area (Å²) in [5.41, 5.74) is 1.05. The fourth-order valence-corrected chi connectivity index (χ4v) is 2.29. The van der Waals surface area contributed by atoms with Crippen molar-refractivity contribution in [2.75, 3.05) is 40.8 Å². The van der Waals surface area contributed by atoms with E-state index in [1.165, 1.54) is 7.11 Å². The molecule has 0 aromatic heterocycles. The number of rotatable bonds is 8. The van der Waals surface area contributed by atoms with Crippen LogP contribution in [0.25, 0.3) is 0 Å². The third kappa shape index (κ3) is 5.19. The maximum atomic E-state index is 9.76. The van der Waals surface area contributed by atoms with Crippen LogP contribution in [-0.4, -0.2) is 55.7 Å². The number of methoxy groups -OCH3 is 1. The van der Waals surface area contributed by atoms with Crippen molar-refractivity contribution in [1.29, 1.82) is 0 Å². The van der Waals surface area contributed by atoms with E-state index in [-0.39, 0.29) is 5.75 Å². The summed E-state index contributed by atoms with van der Waals surface area (Å²) in [6.45, 7) is 6.03. The first-order valence-corrected chi connectivity index (χ1v) is 7.28. The topological polar surface area (TPSA) is 35.9 Å². The van der Waals surface area contributed by atoms with Crippen LogP contribution in [0.2, 0.25) is 5.02 Å². The molecule has 5 heteroatoms. The van der Waals surface area contributed by atoms with Crippen LogP contribution >= 0.6 is 11.6 Å². The highest BCUT2D eigenvalue weighted by Crippen LogP contribution is 2.35. The first-order valence-electron chi connectivity index (χ1n) is 6.90. The van der Waals surface area contributed by atoms with Gasteiger partial charge in [0.15, 0.2) is 11.5 Å². The first kappa shape index (κ1) is 17.1. The zero-order chi connectivity index (χ0) is 15.1. The van der Waals surface area contributed by atoms with Gasteiger partial charge >= 0.3 is 0 Å². The van der Waals surface area contributed by atoms with Gasteiger partial charge in [0.2, 0.25) is 0 Å². The summed E-state index contributed by atoms with van der Waals surface area (Å²) in [6.07, 6.45) is 1.11. The second kappa shape index (κ2) is 8.35. The Morgan fingerprint density at radius 1 is 1.20 bits per heavy atom. The van der Waals surface area contributed by atoms with Crippen LogP contribution in [0.5, 0.6) is 11.5 Å². The molecule has 0 saturated heterocycles. The minimum atomic E-state index is 0.00764. The monoisotopic (exact) mass is 300 g/mol. The maximum Gasteiger partial charge on any atom is 0.176 e. The average Bonchev–Trinajstić information content (AvgIpc) is 2.40. The lowest BCUT2D eigenvalue weighted by Crippen LogP contribution is -2.32. The molecule has 0 atom stereocenters. The molecule has 0 aliphatic rings. The predicted molar refractivity (Wildman–Crippen MR) is 83.8 cm³/mol. The molecule has 0 aliphatic carbocycles. The highest BCUT2D eigenvalue weighted by Gasteiger charge is 2.12. The summed E-state index contributed by atoms with van der Waals surface area (Å²) >= 11 is 6.03. The molecule has 0 heterocycles. The standard InChI is InChI=1S/C15H25ClN2O2/c1-5-6-18(8-7-17(2)3)11-12-9-13(16)15(19)14(10-12)20-4/h9-10,19H,5-8,11H2,1-4H3. The Bertz CT molecular complexity index is 425. The van der Waals surface area contributed by atoms with Crippen LogP contribution in [0.15, 0.2) is 12.1 Å². The maximum absolute atomic E-state index is 9.76. The molecule has 20 heavy (non-hydrogen) atoms. The third-order valence-corrected chi connectivity index (χ3v) is 3.41. The van der Waals surface area contributed by atoms with Crippen molar-refractivity contribution >= 4 is 11.6 Å². The van der Waals surface area contributed by atoms with Gasteiger partial charge in [-0.25, -0.2) is 0 Å². The van der Waals surface area contributed by atoms with Crippen LogP contribution in [-0.2, 0) is 6.54 Å². The molecule has 1 N–H and O–H groups in total. The fourth-order valence-electron chi connectivity index (χ4n) is 2.06. The third-order valence-electron chi connectivity index (χ3n) is 3.12. The van der Waals surface area contributed by atoms with E-state index in [1.54, 1.807) is 6.07 Å². The van der Waals surface area contributed by atoms with E-state index in [2.05, 4.69) is 30.8 Å². The number of benzene rings is 1. The lowest BCUT2D eigenvalue weighted by Gasteiger charge is -2.24.